The van der Waals surface area contributed by atoms with Crippen LogP contribution in [0.4, 0.5) is 4.39 Å². The van der Waals surface area contributed by atoms with Gasteiger partial charge in [0, 0.05) is 6.07 Å². The second kappa shape index (κ2) is 8.60. The first-order chi connectivity index (χ1) is 9.03. The smallest absolute Gasteiger partial charge is 0.342 e. The minimum absolute atomic E-state index is 0. The van der Waals surface area contributed by atoms with Crippen molar-refractivity contribution in [1.82, 2.24) is 0 Å². The molecule has 0 amide bonds. The highest BCUT2D eigenvalue weighted by Crippen LogP contribution is 2.28. The lowest BCUT2D eigenvalue weighted by atomic mass is 10.0. The molecular formula is C13H19ClFNO4. The zero-order valence-corrected chi connectivity index (χ0v) is 12.4. The van der Waals surface area contributed by atoms with Gasteiger partial charge in [0.25, 0.3) is 0 Å². The van der Waals surface area contributed by atoms with Crippen molar-refractivity contribution in [2.24, 2.45) is 5.73 Å². The van der Waals surface area contributed by atoms with Crippen LogP contribution in [0.3, 0.4) is 0 Å². The van der Waals surface area contributed by atoms with E-state index in [1.807, 2.05) is 0 Å². The molecule has 0 spiro atoms. The average molecular weight is 308 g/mol. The molecule has 2 atom stereocenters. The van der Waals surface area contributed by atoms with E-state index in [0.29, 0.717) is 17.1 Å². The van der Waals surface area contributed by atoms with Gasteiger partial charge in [-0.3, -0.25) is 0 Å². The van der Waals surface area contributed by atoms with Crippen LogP contribution in [0.2, 0.25) is 0 Å². The Hall–Kier alpha value is -1.53. The van der Waals surface area contributed by atoms with Crippen molar-refractivity contribution in [3.63, 3.8) is 0 Å². The number of halogens is 2. The van der Waals surface area contributed by atoms with Crippen LogP contribution in [-0.2, 0) is 9.53 Å². The fourth-order valence-corrected chi connectivity index (χ4v) is 1.56. The van der Waals surface area contributed by atoms with Gasteiger partial charge in [-0.05, 0) is 24.6 Å². The summed E-state index contributed by atoms with van der Waals surface area (Å²) in [7, 11) is 2.95. The number of alkyl halides is 1. The first-order valence-electron chi connectivity index (χ1n) is 5.82. The molecule has 114 valence electrons. The maximum absolute atomic E-state index is 13.9. The molecule has 5 nitrogen and oxygen atoms in total. The molecule has 0 bridgehead atoms. The van der Waals surface area contributed by atoms with Gasteiger partial charge in [-0.15, -0.1) is 12.4 Å². The molecule has 1 unspecified atom stereocenters. The second-order valence-corrected chi connectivity index (χ2v) is 3.83. The first-order valence-corrected chi connectivity index (χ1v) is 5.82. The van der Waals surface area contributed by atoms with Crippen molar-refractivity contribution in [3.8, 4) is 11.5 Å². The molecule has 0 aliphatic carbocycles. The summed E-state index contributed by atoms with van der Waals surface area (Å²) < 4.78 is 28.6. The molecule has 1 aromatic carbocycles. The average Bonchev–Trinajstić information content (AvgIpc) is 2.45. The molecule has 0 radical (unpaired) electrons. The molecule has 0 aromatic heterocycles. The third-order valence-electron chi connectivity index (χ3n) is 2.59. The van der Waals surface area contributed by atoms with Crippen molar-refractivity contribution >= 4 is 18.4 Å². The van der Waals surface area contributed by atoms with E-state index in [1.54, 1.807) is 25.1 Å². The Balaban J connectivity index is 0.00000361. The van der Waals surface area contributed by atoms with Crippen LogP contribution < -0.4 is 15.2 Å². The van der Waals surface area contributed by atoms with E-state index >= 15 is 0 Å². The number of carbonyl (C=O) groups excluding carboxylic acids is 1. The summed E-state index contributed by atoms with van der Waals surface area (Å²) in [6.07, 6.45) is -1.93. The monoisotopic (exact) mass is 307 g/mol. The predicted octanol–water partition coefficient (Wildman–Crippen LogP) is 2.03. The van der Waals surface area contributed by atoms with Gasteiger partial charge in [-0.25, -0.2) is 9.18 Å². The molecule has 0 saturated heterocycles. The molecule has 1 rings (SSSR count). The number of hydrogen-bond donors (Lipinski definition) is 1. The Morgan fingerprint density at radius 3 is 2.15 bits per heavy atom. The number of methoxy groups -OCH3 is 2. The molecular weight excluding hydrogens is 289 g/mol. The molecule has 20 heavy (non-hydrogen) atoms. The van der Waals surface area contributed by atoms with Crippen LogP contribution in [0.1, 0.15) is 18.5 Å². The van der Waals surface area contributed by atoms with E-state index in [1.165, 1.54) is 14.2 Å². The van der Waals surface area contributed by atoms with Gasteiger partial charge in [0.2, 0.25) is 6.17 Å². The zero-order valence-electron chi connectivity index (χ0n) is 11.6. The molecule has 7 heteroatoms. The van der Waals surface area contributed by atoms with E-state index in [0.717, 1.165) is 0 Å². The maximum atomic E-state index is 13.9. The van der Waals surface area contributed by atoms with Crippen LogP contribution in [-0.4, -0.2) is 33.0 Å². The number of benzene rings is 1. The van der Waals surface area contributed by atoms with Crippen molar-refractivity contribution in [2.45, 2.75) is 19.1 Å². The lowest BCUT2D eigenvalue weighted by molar-refractivity contribution is -0.149. The Bertz CT molecular complexity index is 422. The topological polar surface area (TPSA) is 70.8 Å². The lowest BCUT2D eigenvalue weighted by Gasteiger charge is -2.17. The third-order valence-corrected chi connectivity index (χ3v) is 2.59. The van der Waals surface area contributed by atoms with Crippen LogP contribution >= 0.6 is 12.4 Å². The molecule has 0 aliphatic heterocycles. The SMILES string of the molecule is CCOC(=O)C(F)[C@H](N)c1cc(OC)cc(OC)c1.Cl. The molecule has 0 heterocycles. The number of carbonyl (C=O) groups is 1. The molecule has 1 aromatic rings. The summed E-state index contributed by atoms with van der Waals surface area (Å²) in [5.41, 5.74) is 6.13. The number of nitrogens with two attached hydrogens (primary N) is 1. The summed E-state index contributed by atoms with van der Waals surface area (Å²) in [4.78, 5) is 11.3. The van der Waals surface area contributed by atoms with Gasteiger partial charge in [-0.1, -0.05) is 0 Å². The van der Waals surface area contributed by atoms with Gasteiger partial charge < -0.3 is 19.9 Å². The molecule has 0 saturated carbocycles. The number of rotatable bonds is 6. The summed E-state index contributed by atoms with van der Waals surface area (Å²) in [5.74, 6) is -0.0292. The van der Waals surface area contributed by atoms with E-state index in [2.05, 4.69) is 4.74 Å². The van der Waals surface area contributed by atoms with Gasteiger partial charge in [0.15, 0.2) is 0 Å². The highest BCUT2D eigenvalue weighted by Gasteiger charge is 2.28. The maximum Gasteiger partial charge on any atom is 0.342 e. The Morgan fingerprint density at radius 1 is 1.25 bits per heavy atom. The Labute approximate surface area is 123 Å². The third kappa shape index (κ3) is 4.54. The molecule has 0 aliphatic rings. The summed E-state index contributed by atoms with van der Waals surface area (Å²) in [6, 6.07) is 3.61. The highest BCUT2D eigenvalue weighted by atomic mass is 35.5. The Morgan fingerprint density at radius 2 is 1.75 bits per heavy atom. The fourth-order valence-electron chi connectivity index (χ4n) is 1.56. The summed E-state index contributed by atoms with van der Waals surface area (Å²) in [6.45, 7) is 1.71. The minimum atomic E-state index is -1.93. The highest BCUT2D eigenvalue weighted by molar-refractivity contribution is 5.85. The van der Waals surface area contributed by atoms with Crippen molar-refractivity contribution in [1.29, 1.82) is 0 Å². The summed E-state index contributed by atoms with van der Waals surface area (Å²) >= 11 is 0. The standard InChI is InChI=1S/C13H18FNO4.ClH/c1-4-19-13(16)11(14)12(15)8-5-9(17-2)7-10(6-8)18-3;/h5-7,11-12H,4,15H2,1-3H3;1H/t11?,12-;/m1./s1. The largest absolute Gasteiger partial charge is 0.497 e. The second-order valence-electron chi connectivity index (χ2n) is 3.83. The van der Waals surface area contributed by atoms with Crippen LogP contribution in [0.5, 0.6) is 11.5 Å². The lowest BCUT2D eigenvalue weighted by Crippen LogP contribution is -2.31. The van der Waals surface area contributed by atoms with Crippen molar-refractivity contribution in [3.05, 3.63) is 23.8 Å². The normalized spacial score (nSPS) is 12.8. The fraction of sp³-hybridized carbons (Fsp3) is 0.462. The van der Waals surface area contributed by atoms with E-state index in [-0.39, 0.29) is 19.0 Å². The van der Waals surface area contributed by atoms with Gasteiger partial charge >= 0.3 is 5.97 Å². The predicted molar refractivity (Wildman–Crippen MR) is 75.3 cm³/mol. The van der Waals surface area contributed by atoms with E-state index in [4.69, 9.17) is 15.2 Å². The first kappa shape index (κ1) is 18.5. The number of ether oxygens (including phenoxy) is 3. The zero-order chi connectivity index (χ0) is 14.4. The van der Waals surface area contributed by atoms with Crippen molar-refractivity contribution < 1.29 is 23.4 Å². The number of esters is 1. The van der Waals surface area contributed by atoms with E-state index in [9.17, 15) is 9.18 Å². The van der Waals surface area contributed by atoms with Crippen LogP contribution in [0.25, 0.3) is 0 Å². The van der Waals surface area contributed by atoms with Gasteiger partial charge in [-0.2, -0.15) is 0 Å². The van der Waals surface area contributed by atoms with Crippen LogP contribution in [0, 0.1) is 0 Å². The van der Waals surface area contributed by atoms with Gasteiger partial charge in [0.1, 0.15) is 11.5 Å². The quantitative estimate of drug-likeness (QED) is 0.814. The molecule has 2 N–H and O–H groups in total. The van der Waals surface area contributed by atoms with Crippen molar-refractivity contribution in [2.75, 3.05) is 20.8 Å². The Kier molecular flexibility index (Phi) is 7.94. The number of hydrogen-bond acceptors (Lipinski definition) is 5. The minimum Gasteiger partial charge on any atom is -0.497 e. The van der Waals surface area contributed by atoms with Crippen LogP contribution in [0.15, 0.2) is 18.2 Å². The van der Waals surface area contributed by atoms with Gasteiger partial charge in [0.05, 0.1) is 26.9 Å². The molecule has 0 fully saturated rings. The van der Waals surface area contributed by atoms with E-state index < -0.39 is 18.2 Å². The summed E-state index contributed by atoms with van der Waals surface area (Å²) in [5, 5.41) is 0.